The Bertz CT molecular complexity index is 655. The van der Waals surface area contributed by atoms with E-state index in [1.807, 2.05) is 67.6 Å². The van der Waals surface area contributed by atoms with Crippen LogP contribution in [0.25, 0.3) is 0 Å². The minimum Gasteiger partial charge on any atom is -0.467 e. The van der Waals surface area contributed by atoms with Crippen LogP contribution in [0.4, 0.5) is 0 Å². The van der Waals surface area contributed by atoms with E-state index in [1.54, 1.807) is 0 Å². The zero-order valence-corrected chi connectivity index (χ0v) is 14.1. The van der Waals surface area contributed by atoms with Crippen LogP contribution in [0.3, 0.4) is 0 Å². The maximum absolute atomic E-state index is 12.4. The van der Waals surface area contributed by atoms with E-state index in [1.165, 1.54) is 7.11 Å². The number of esters is 1. The molecule has 0 unspecified atom stereocenters. The summed E-state index contributed by atoms with van der Waals surface area (Å²) in [6.45, 7) is 1.86. The highest BCUT2D eigenvalue weighted by Crippen LogP contribution is 2.10. The third kappa shape index (κ3) is 5.23. The Balaban J connectivity index is 2.00. The summed E-state index contributed by atoms with van der Waals surface area (Å²) in [5.41, 5.74) is 2.07. The Morgan fingerprint density at radius 3 is 1.92 bits per heavy atom. The summed E-state index contributed by atoms with van der Waals surface area (Å²) in [6, 6.07) is 18.7. The van der Waals surface area contributed by atoms with Gasteiger partial charge < -0.3 is 10.1 Å². The van der Waals surface area contributed by atoms with Gasteiger partial charge in [-0.1, -0.05) is 67.6 Å². The minimum atomic E-state index is -0.678. The molecule has 2 atom stereocenters. The van der Waals surface area contributed by atoms with Crippen molar-refractivity contribution in [2.75, 3.05) is 7.11 Å². The van der Waals surface area contributed by atoms with Crippen LogP contribution in [0.15, 0.2) is 60.7 Å². The molecule has 0 aliphatic heterocycles. The average molecular weight is 325 g/mol. The van der Waals surface area contributed by atoms with Crippen LogP contribution < -0.4 is 5.32 Å². The van der Waals surface area contributed by atoms with Crippen molar-refractivity contribution in [3.63, 3.8) is 0 Å². The zero-order chi connectivity index (χ0) is 17.4. The summed E-state index contributed by atoms with van der Waals surface area (Å²) in [6.07, 6.45) is 1.04. The smallest absolute Gasteiger partial charge is 0.328 e. The van der Waals surface area contributed by atoms with E-state index in [0.717, 1.165) is 11.1 Å². The molecule has 2 aromatic carbocycles. The van der Waals surface area contributed by atoms with Crippen LogP contribution in [0.5, 0.6) is 0 Å². The number of amides is 1. The summed E-state index contributed by atoms with van der Waals surface area (Å²) < 4.78 is 4.83. The normalized spacial score (nSPS) is 12.9. The molecule has 0 aliphatic rings. The fraction of sp³-hybridized carbons (Fsp3) is 0.300. The Morgan fingerprint density at radius 1 is 0.917 bits per heavy atom. The highest BCUT2D eigenvalue weighted by molar-refractivity contribution is 5.85. The van der Waals surface area contributed by atoms with E-state index in [9.17, 15) is 9.59 Å². The first-order valence-corrected chi connectivity index (χ1v) is 8.06. The monoisotopic (exact) mass is 325 g/mol. The molecule has 2 aromatic rings. The lowest BCUT2D eigenvalue weighted by atomic mass is 9.99. The van der Waals surface area contributed by atoms with Crippen molar-refractivity contribution in [1.82, 2.24) is 5.32 Å². The second-order valence-corrected chi connectivity index (χ2v) is 5.86. The number of benzene rings is 2. The lowest BCUT2D eigenvalue weighted by Gasteiger charge is -2.19. The van der Waals surface area contributed by atoms with Crippen molar-refractivity contribution in [2.24, 2.45) is 5.92 Å². The van der Waals surface area contributed by atoms with E-state index >= 15 is 0 Å². The number of rotatable bonds is 7. The Labute approximate surface area is 142 Å². The molecule has 24 heavy (non-hydrogen) atoms. The predicted molar refractivity (Wildman–Crippen MR) is 93.4 cm³/mol. The molecule has 0 aliphatic carbocycles. The van der Waals surface area contributed by atoms with E-state index < -0.39 is 12.0 Å². The summed E-state index contributed by atoms with van der Waals surface area (Å²) in [5.74, 6) is -0.806. The number of ether oxygens (including phenoxy) is 1. The third-order valence-corrected chi connectivity index (χ3v) is 3.92. The van der Waals surface area contributed by atoms with Gasteiger partial charge in [-0.25, -0.2) is 4.79 Å². The molecule has 0 heterocycles. The molecule has 2 rings (SSSR count). The van der Waals surface area contributed by atoms with Gasteiger partial charge in [0.2, 0.25) is 5.91 Å². The van der Waals surface area contributed by atoms with Crippen molar-refractivity contribution in [3.05, 3.63) is 71.8 Å². The first-order valence-electron chi connectivity index (χ1n) is 8.06. The van der Waals surface area contributed by atoms with Gasteiger partial charge in [0.15, 0.2) is 0 Å². The molecule has 0 spiro atoms. The molecule has 0 saturated heterocycles. The average Bonchev–Trinajstić information content (AvgIpc) is 2.62. The molecule has 0 bridgehead atoms. The van der Waals surface area contributed by atoms with Gasteiger partial charge >= 0.3 is 5.97 Å². The number of carbonyl (C=O) groups excluding carboxylic acids is 2. The van der Waals surface area contributed by atoms with Gasteiger partial charge in [-0.2, -0.15) is 0 Å². The molecule has 126 valence electrons. The van der Waals surface area contributed by atoms with Crippen molar-refractivity contribution in [3.8, 4) is 0 Å². The van der Waals surface area contributed by atoms with Crippen LogP contribution in [-0.4, -0.2) is 25.0 Å². The Hall–Kier alpha value is -2.62. The highest BCUT2D eigenvalue weighted by atomic mass is 16.5. The summed E-state index contributed by atoms with van der Waals surface area (Å²) in [4.78, 5) is 24.4. The first kappa shape index (κ1) is 17.7. The molecule has 4 nitrogen and oxygen atoms in total. The fourth-order valence-corrected chi connectivity index (χ4v) is 2.56. The second-order valence-electron chi connectivity index (χ2n) is 5.86. The van der Waals surface area contributed by atoms with Gasteiger partial charge in [-0.3, -0.25) is 4.79 Å². The quantitative estimate of drug-likeness (QED) is 0.797. The van der Waals surface area contributed by atoms with Crippen molar-refractivity contribution < 1.29 is 14.3 Å². The van der Waals surface area contributed by atoms with Crippen LogP contribution in [0.2, 0.25) is 0 Å². The largest absolute Gasteiger partial charge is 0.467 e. The molecular weight excluding hydrogens is 302 g/mol. The maximum atomic E-state index is 12.4. The van der Waals surface area contributed by atoms with Crippen molar-refractivity contribution in [2.45, 2.75) is 25.8 Å². The predicted octanol–water partition coefficient (Wildman–Crippen LogP) is 2.77. The van der Waals surface area contributed by atoms with Crippen molar-refractivity contribution in [1.29, 1.82) is 0 Å². The highest BCUT2D eigenvalue weighted by Gasteiger charge is 2.24. The molecule has 0 aromatic heterocycles. The number of hydrogen-bond donors (Lipinski definition) is 1. The van der Waals surface area contributed by atoms with Gasteiger partial charge in [0.1, 0.15) is 6.04 Å². The number of carbonyl (C=O) groups is 2. The molecule has 0 fully saturated rings. The maximum Gasteiger partial charge on any atom is 0.328 e. The van der Waals surface area contributed by atoms with Gasteiger partial charge in [0.05, 0.1) is 7.11 Å². The van der Waals surface area contributed by atoms with Crippen LogP contribution >= 0.6 is 0 Å². The Morgan fingerprint density at radius 2 is 1.42 bits per heavy atom. The van der Waals surface area contributed by atoms with Gasteiger partial charge in [0.25, 0.3) is 0 Å². The molecule has 1 N–H and O–H groups in total. The lowest BCUT2D eigenvalue weighted by Crippen LogP contribution is -2.45. The van der Waals surface area contributed by atoms with Crippen LogP contribution in [0, 0.1) is 5.92 Å². The molecule has 1 amide bonds. The first-order chi connectivity index (χ1) is 11.6. The zero-order valence-electron chi connectivity index (χ0n) is 14.1. The van der Waals surface area contributed by atoms with E-state index in [0.29, 0.717) is 12.8 Å². The minimum absolute atomic E-state index is 0.148. The van der Waals surface area contributed by atoms with Crippen molar-refractivity contribution >= 4 is 11.9 Å². The Kier molecular flexibility index (Phi) is 6.55. The van der Waals surface area contributed by atoms with Gasteiger partial charge in [0, 0.05) is 12.3 Å². The SMILES string of the molecule is COC(=O)[C@@H](Cc1ccccc1)NC(=O)[C@H](C)Cc1ccccc1. The lowest BCUT2D eigenvalue weighted by molar-refractivity contribution is -0.145. The van der Waals surface area contributed by atoms with Gasteiger partial charge in [-0.15, -0.1) is 0 Å². The second kappa shape index (κ2) is 8.87. The fourth-order valence-electron chi connectivity index (χ4n) is 2.56. The molecule has 4 heteroatoms. The summed E-state index contributed by atoms with van der Waals surface area (Å²) >= 11 is 0. The molecular formula is C20H23NO3. The van der Waals surface area contributed by atoms with Gasteiger partial charge in [-0.05, 0) is 17.5 Å². The van der Waals surface area contributed by atoms with E-state index in [-0.39, 0.29) is 11.8 Å². The van der Waals surface area contributed by atoms with E-state index in [2.05, 4.69) is 5.32 Å². The third-order valence-electron chi connectivity index (χ3n) is 3.92. The van der Waals surface area contributed by atoms with Crippen LogP contribution in [-0.2, 0) is 27.2 Å². The number of hydrogen-bond acceptors (Lipinski definition) is 3. The molecule has 0 saturated carbocycles. The van der Waals surface area contributed by atoms with E-state index in [4.69, 9.17) is 4.74 Å². The number of methoxy groups -OCH3 is 1. The topological polar surface area (TPSA) is 55.4 Å². The number of nitrogens with one attached hydrogen (secondary N) is 1. The van der Waals surface area contributed by atoms with Crippen LogP contribution in [0.1, 0.15) is 18.1 Å². The summed E-state index contributed by atoms with van der Waals surface area (Å²) in [7, 11) is 1.33. The standard InChI is InChI=1S/C20H23NO3/c1-15(13-16-9-5-3-6-10-16)19(22)21-18(20(23)24-2)14-17-11-7-4-8-12-17/h3-12,15,18H,13-14H2,1-2H3,(H,21,22)/t15-,18-/m1/s1. The molecule has 0 radical (unpaired) electrons. The summed E-state index contributed by atoms with van der Waals surface area (Å²) in [5, 5.41) is 2.82.